The third kappa shape index (κ3) is 2.37. The Kier molecular flexibility index (Phi) is 2.97. The second kappa shape index (κ2) is 4.58. The highest BCUT2D eigenvalue weighted by atomic mass is 16.6. The molecule has 0 bridgehead atoms. The Morgan fingerprint density at radius 3 is 2.65 bits per heavy atom. The van der Waals surface area contributed by atoms with Gasteiger partial charge in [-0.2, -0.15) is 0 Å². The number of para-hydroxylation sites is 1. The normalized spacial score (nSPS) is 12.1. The SMILES string of the molecule is O=[N+]([O-])c1ccccc1[C@H](O)Nn1cnnc1. The number of aliphatic hydroxyl groups excluding tert-OH is 1. The smallest absolute Gasteiger partial charge is 0.277 e. The van der Waals surface area contributed by atoms with E-state index in [1.807, 2.05) is 0 Å². The van der Waals surface area contributed by atoms with E-state index in [1.165, 1.54) is 35.5 Å². The van der Waals surface area contributed by atoms with E-state index in [0.717, 1.165) is 0 Å². The van der Waals surface area contributed by atoms with Crippen molar-refractivity contribution in [2.24, 2.45) is 0 Å². The molecule has 0 aliphatic heterocycles. The second-order valence-electron chi connectivity index (χ2n) is 3.22. The lowest BCUT2D eigenvalue weighted by molar-refractivity contribution is -0.386. The minimum Gasteiger partial charge on any atom is -0.368 e. The van der Waals surface area contributed by atoms with E-state index in [2.05, 4.69) is 15.6 Å². The molecule has 0 spiro atoms. The Morgan fingerprint density at radius 1 is 1.35 bits per heavy atom. The van der Waals surface area contributed by atoms with Crippen molar-refractivity contribution in [3.05, 3.63) is 52.6 Å². The van der Waals surface area contributed by atoms with Crippen molar-refractivity contribution in [3.8, 4) is 0 Å². The third-order valence-electron chi connectivity index (χ3n) is 2.12. The summed E-state index contributed by atoms with van der Waals surface area (Å²) in [6.45, 7) is 0. The summed E-state index contributed by atoms with van der Waals surface area (Å²) in [5.41, 5.74) is 2.60. The second-order valence-corrected chi connectivity index (χ2v) is 3.22. The first-order valence-corrected chi connectivity index (χ1v) is 4.71. The van der Waals surface area contributed by atoms with Gasteiger partial charge < -0.3 is 5.11 Å². The van der Waals surface area contributed by atoms with E-state index < -0.39 is 11.2 Å². The molecule has 2 aromatic rings. The number of benzene rings is 1. The van der Waals surface area contributed by atoms with Gasteiger partial charge in [-0.25, -0.2) is 4.68 Å². The number of aliphatic hydroxyl groups is 1. The summed E-state index contributed by atoms with van der Waals surface area (Å²) in [6, 6.07) is 5.94. The van der Waals surface area contributed by atoms with Crippen molar-refractivity contribution in [1.29, 1.82) is 0 Å². The number of hydrogen-bond donors (Lipinski definition) is 2. The van der Waals surface area contributed by atoms with Crippen LogP contribution >= 0.6 is 0 Å². The van der Waals surface area contributed by atoms with Crippen LogP contribution in [0, 0.1) is 10.1 Å². The first-order valence-electron chi connectivity index (χ1n) is 4.71. The zero-order valence-corrected chi connectivity index (χ0v) is 8.59. The fourth-order valence-corrected chi connectivity index (χ4v) is 1.36. The first kappa shape index (κ1) is 11.0. The van der Waals surface area contributed by atoms with Gasteiger partial charge in [0, 0.05) is 6.07 Å². The summed E-state index contributed by atoms with van der Waals surface area (Å²) in [6.07, 6.45) is 1.45. The largest absolute Gasteiger partial charge is 0.368 e. The molecular weight excluding hydrogens is 226 g/mol. The van der Waals surface area contributed by atoms with Gasteiger partial charge in [0.15, 0.2) is 6.23 Å². The lowest BCUT2D eigenvalue weighted by Gasteiger charge is -2.13. The number of nitro groups is 1. The molecule has 1 atom stereocenters. The van der Waals surface area contributed by atoms with E-state index in [-0.39, 0.29) is 11.3 Å². The Labute approximate surface area is 95.6 Å². The van der Waals surface area contributed by atoms with Gasteiger partial charge in [0.2, 0.25) is 0 Å². The zero-order valence-electron chi connectivity index (χ0n) is 8.59. The quantitative estimate of drug-likeness (QED) is 0.452. The Balaban J connectivity index is 2.24. The van der Waals surface area contributed by atoms with Gasteiger partial charge in [-0.1, -0.05) is 12.1 Å². The molecule has 1 heterocycles. The Hall–Kier alpha value is -2.48. The molecule has 1 aromatic heterocycles. The molecule has 0 radical (unpaired) electrons. The Morgan fingerprint density at radius 2 is 2.00 bits per heavy atom. The van der Waals surface area contributed by atoms with Crippen molar-refractivity contribution in [2.45, 2.75) is 6.23 Å². The molecule has 0 unspecified atom stereocenters. The number of aromatic nitrogens is 3. The average Bonchev–Trinajstić information content (AvgIpc) is 2.81. The predicted molar refractivity (Wildman–Crippen MR) is 57.4 cm³/mol. The summed E-state index contributed by atoms with van der Waals surface area (Å²) in [5.74, 6) is 0. The molecule has 1 aromatic carbocycles. The number of rotatable bonds is 4. The van der Waals surface area contributed by atoms with Crippen molar-refractivity contribution in [2.75, 3.05) is 5.43 Å². The number of nitro benzene ring substituents is 1. The molecule has 0 aliphatic carbocycles. The highest BCUT2D eigenvalue weighted by Gasteiger charge is 2.19. The highest BCUT2D eigenvalue weighted by Crippen LogP contribution is 2.23. The molecule has 0 saturated heterocycles. The van der Waals surface area contributed by atoms with Gasteiger partial charge in [0.25, 0.3) is 5.69 Å². The molecule has 2 N–H and O–H groups in total. The maximum Gasteiger partial charge on any atom is 0.277 e. The highest BCUT2D eigenvalue weighted by molar-refractivity contribution is 5.41. The van der Waals surface area contributed by atoms with Gasteiger partial charge in [-0.05, 0) is 6.07 Å². The summed E-state index contributed by atoms with van der Waals surface area (Å²) in [4.78, 5) is 10.2. The molecule has 88 valence electrons. The van der Waals surface area contributed by atoms with E-state index >= 15 is 0 Å². The van der Waals surface area contributed by atoms with Crippen LogP contribution in [-0.4, -0.2) is 24.9 Å². The lowest BCUT2D eigenvalue weighted by Crippen LogP contribution is -2.20. The first-order chi connectivity index (χ1) is 8.18. The molecule has 17 heavy (non-hydrogen) atoms. The van der Waals surface area contributed by atoms with E-state index in [0.29, 0.717) is 0 Å². The van der Waals surface area contributed by atoms with Crippen molar-refractivity contribution in [3.63, 3.8) is 0 Å². The molecule has 0 amide bonds. The van der Waals surface area contributed by atoms with Gasteiger partial charge >= 0.3 is 0 Å². The minimum absolute atomic E-state index is 0.152. The van der Waals surface area contributed by atoms with Gasteiger partial charge in [-0.3, -0.25) is 15.5 Å². The van der Waals surface area contributed by atoms with Crippen LogP contribution in [0.2, 0.25) is 0 Å². The minimum atomic E-state index is -1.22. The van der Waals surface area contributed by atoms with Crippen LogP contribution in [0.1, 0.15) is 11.8 Å². The Bertz CT molecular complexity index is 513. The summed E-state index contributed by atoms with van der Waals surface area (Å²) >= 11 is 0. The molecule has 0 fully saturated rings. The van der Waals surface area contributed by atoms with E-state index in [1.54, 1.807) is 6.07 Å². The molecule has 8 heteroatoms. The summed E-state index contributed by atoms with van der Waals surface area (Å²) in [7, 11) is 0. The van der Waals surface area contributed by atoms with Gasteiger partial charge in [0.1, 0.15) is 12.7 Å². The van der Waals surface area contributed by atoms with Crippen LogP contribution in [0.15, 0.2) is 36.9 Å². The number of nitrogens with one attached hydrogen (secondary N) is 1. The maximum atomic E-state index is 10.8. The standard InChI is InChI=1S/C9H9N5O3/c15-9(12-13-5-10-11-6-13)7-3-1-2-4-8(7)14(16)17/h1-6,9,12,15H/t9-/m0/s1. The van der Waals surface area contributed by atoms with Gasteiger partial charge in [-0.15, -0.1) is 10.2 Å². The number of hydrogen-bond acceptors (Lipinski definition) is 6. The fourth-order valence-electron chi connectivity index (χ4n) is 1.36. The monoisotopic (exact) mass is 235 g/mol. The average molecular weight is 235 g/mol. The van der Waals surface area contributed by atoms with Crippen LogP contribution in [0.25, 0.3) is 0 Å². The fraction of sp³-hybridized carbons (Fsp3) is 0.111. The van der Waals surface area contributed by atoms with Gasteiger partial charge in [0.05, 0.1) is 10.5 Å². The van der Waals surface area contributed by atoms with Crippen LogP contribution in [-0.2, 0) is 0 Å². The van der Waals surface area contributed by atoms with Crippen molar-refractivity contribution in [1.82, 2.24) is 14.9 Å². The zero-order chi connectivity index (χ0) is 12.3. The summed E-state index contributed by atoms with van der Waals surface area (Å²) < 4.78 is 1.31. The molecule has 8 nitrogen and oxygen atoms in total. The number of nitrogens with zero attached hydrogens (tertiary/aromatic N) is 4. The predicted octanol–water partition coefficient (Wildman–Crippen LogP) is 0.421. The van der Waals surface area contributed by atoms with E-state index in [9.17, 15) is 15.2 Å². The van der Waals surface area contributed by atoms with Crippen LogP contribution in [0.3, 0.4) is 0 Å². The maximum absolute atomic E-state index is 10.8. The van der Waals surface area contributed by atoms with Crippen molar-refractivity contribution < 1.29 is 10.0 Å². The van der Waals surface area contributed by atoms with Crippen LogP contribution in [0.4, 0.5) is 5.69 Å². The molecule has 0 saturated carbocycles. The van der Waals surface area contributed by atoms with Crippen LogP contribution < -0.4 is 5.43 Å². The molecule has 0 aliphatic rings. The lowest BCUT2D eigenvalue weighted by atomic mass is 10.1. The van der Waals surface area contributed by atoms with Crippen molar-refractivity contribution >= 4 is 5.69 Å². The molecular formula is C9H9N5O3. The van der Waals surface area contributed by atoms with E-state index in [4.69, 9.17) is 0 Å². The molecule has 2 rings (SSSR count). The third-order valence-corrected chi connectivity index (χ3v) is 2.12. The summed E-state index contributed by atoms with van der Waals surface area (Å²) in [5, 5.41) is 27.7. The topological polar surface area (TPSA) is 106 Å². The van der Waals surface area contributed by atoms with Crippen LogP contribution in [0.5, 0.6) is 0 Å².